The van der Waals surface area contributed by atoms with Gasteiger partial charge in [0, 0.05) is 16.5 Å². The predicted octanol–water partition coefficient (Wildman–Crippen LogP) is 6.24. The van der Waals surface area contributed by atoms with Crippen molar-refractivity contribution in [2.24, 2.45) is 0 Å². The molecule has 0 bridgehead atoms. The molecule has 0 unspecified atom stereocenters. The van der Waals surface area contributed by atoms with Crippen LogP contribution in [0, 0.1) is 0 Å². The first kappa shape index (κ1) is 20.6. The minimum Gasteiger partial charge on any atom is -0.493 e. The molecule has 0 atom stereocenters. The van der Waals surface area contributed by atoms with E-state index in [2.05, 4.69) is 28.8 Å². The first-order valence-electron chi connectivity index (χ1n) is 9.71. The number of para-hydroxylation sites is 2. The summed E-state index contributed by atoms with van der Waals surface area (Å²) in [5, 5.41) is 0.751. The van der Waals surface area contributed by atoms with Crippen molar-refractivity contribution >= 4 is 34.4 Å². The quantitative estimate of drug-likeness (QED) is 0.305. The van der Waals surface area contributed by atoms with Gasteiger partial charge in [0.2, 0.25) is 0 Å². The van der Waals surface area contributed by atoms with Crippen LogP contribution in [0.2, 0.25) is 5.02 Å². The molecule has 4 rings (SSSR count). The van der Waals surface area contributed by atoms with Crippen LogP contribution in [0.3, 0.4) is 0 Å². The van der Waals surface area contributed by atoms with Gasteiger partial charge < -0.3 is 14.0 Å². The molecule has 0 aliphatic rings. The molecule has 1 aromatic heterocycles. The van der Waals surface area contributed by atoms with Crippen LogP contribution in [-0.2, 0) is 18.7 Å². The van der Waals surface area contributed by atoms with Crippen LogP contribution < -0.4 is 9.47 Å². The van der Waals surface area contributed by atoms with Crippen LogP contribution in [0.15, 0.2) is 71.6 Å². The van der Waals surface area contributed by atoms with E-state index in [1.165, 1.54) is 10.5 Å². The van der Waals surface area contributed by atoms with Crippen LogP contribution in [-0.4, -0.2) is 23.8 Å². The second kappa shape index (κ2) is 9.45. The van der Waals surface area contributed by atoms with Crippen molar-refractivity contribution in [2.75, 3.05) is 14.2 Å². The molecule has 0 saturated heterocycles. The highest BCUT2D eigenvalue weighted by Gasteiger charge is 2.12. The van der Waals surface area contributed by atoms with E-state index in [1.807, 2.05) is 42.5 Å². The topological polar surface area (TPSA) is 36.3 Å². The van der Waals surface area contributed by atoms with Gasteiger partial charge in [0.05, 0.1) is 31.0 Å². The van der Waals surface area contributed by atoms with E-state index in [1.54, 1.807) is 26.0 Å². The molecule has 1 heterocycles. The number of benzene rings is 3. The molecule has 0 saturated carbocycles. The number of methoxy groups -OCH3 is 2. The van der Waals surface area contributed by atoms with Gasteiger partial charge in [-0.1, -0.05) is 29.8 Å². The van der Waals surface area contributed by atoms with Crippen LogP contribution in [0.5, 0.6) is 11.5 Å². The smallest absolute Gasteiger partial charge is 0.160 e. The van der Waals surface area contributed by atoms with Crippen molar-refractivity contribution in [3.05, 3.63) is 83.1 Å². The van der Waals surface area contributed by atoms with E-state index in [0.717, 1.165) is 52.1 Å². The second-order valence-electron chi connectivity index (χ2n) is 6.85. The van der Waals surface area contributed by atoms with Gasteiger partial charge in [-0.05, 0) is 60.5 Å². The molecule has 30 heavy (non-hydrogen) atoms. The highest BCUT2D eigenvalue weighted by Crippen LogP contribution is 2.29. The zero-order chi connectivity index (χ0) is 20.9. The van der Waals surface area contributed by atoms with Crippen LogP contribution in [0.1, 0.15) is 11.4 Å². The fourth-order valence-corrected chi connectivity index (χ4v) is 4.41. The van der Waals surface area contributed by atoms with Crippen molar-refractivity contribution in [3.8, 4) is 11.5 Å². The van der Waals surface area contributed by atoms with Crippen molar-refractivity contribution in [2.45, 2.75) is 23.6 Å². The van der Waals surface area contributed by atoms with E-state index in [0.29, 0.717) is 0 Å². The molecule has 0 fully saturated rings. The molecule has 0 spiro atoms. The van der Waals surface area contributed by atoms with Crippen molar-refractivity contribution in [3.63, 3.8) is 0 Å². The number of aryl methyl sites for hydroxylation is 2. The third-order valence-corrected chi connectivity index (χ3v) is 6.25. The predicted molar refractivity (Wildman–Crippen MR) is 124 cm³/mol. The number of aromatic nitrogens is 2. The van der Waals surface area contributed by atoms with Gasteiger partial charge in [-0.15, -0.1) is 11.8 Å². The van der Waals surface area contributed by atoms with Gasteiger partial charge in [-0.25, -0.2) is 4.98 Å². The standard InChI is InChI=1S/C24H23ClN2O2S/c1-28-22-12-7-17(15-23(22)29-2)13-14-27-21-6-4-3-5-20(21)26-24(27)16-30-19-10-8-18(25)9-11-19/h3-12,15H,13-14,16H2,1-2H3. The Morgan fingerprint density at radius 1 is 0.933 bits per heavy atom. The molecule has 6 heteroatoms. The number of imidazole rings is 1. The SMILES string of the molecule is COc1ccc(CCn2c(CSc3ccc(Cl)cc3)nc3ccccc32)cc1OC. The maximum atomic E-state index is 6.01. The van der Waals surface area contributed by atoms with Crippen molar-refractivity contribution in [1.29, 1.82) is 0 Å². The molecule has 3 aromatic carbocycles. The van der Waals surface area contributed by atoms with Crippen LogP contribution in [0.4, 0.5) is 0 Å². The first-order chi connectivity index (χ1) is 14.7. The first-order valence-corrected chi connectivity index (χ1v) is 11.1. The Bertz CT molecular complexity index is 1140. The Balaban J connectivity index is 1.56. The maximum Gasteiger partial charge on any atom is 0.160 e. The average molecular weight is 439 g/mol. The normalized spacial score (nSPS) is 11.0. The Kier molecular flexibility index (Phi) is 6.50. The third kappa shape index (κ3) is 4.58. The highest BCUT2D eigenvalue weighted by atomic mass is 35.5. The molecule has 0 N–H and O–H groups in total. The lowest BCUT2D eigenvalue weighted by atomic mass is 10.1. The third-order valence-electron chi connectivity index (χ3n) is 4.99. The van der Waals surface area contributed by atoms with Crippen molar-refractivity contribution < 1.29 is 9.47 Å². The fraction of sp³-hybridized carbons (Fsp3) is 0.208. The number of fused-ring (bicyclic) bond motifs is 1. The largest absolute Gasteiger partial charge is 0.493 e. The van der Waals surface area contributed by atoms with Crippen LogP contribution >= 0.6 is 23.4 Å². The summed E-state index contributed by atoms with van der Waals surface area (Å²) >= 11 is 7.77. The summed E-state index contributed by atoms with van der Waals surface area (Å²) in [6.45, 7) is 0.840. The van der Waals surface area contributed by atoms with E-state index in [-0.39, 0.29) is 0 Å². The Hall–Kier alpha value is -2.63. The number of halogens is 1. The number of hydrogen-bond acceptors (Lipinski definition) is 4. The molecule has 0 amide bonds. The van der Waals surface area contributed by atoms with Gasteiger partial charge in [-0.2, -0.15) is 0 Å². The lowest BCUT2D eigenvalue weighted by Gasteiger charge is -2.12. The molecule has 0 aliphatic carbocycles. The molecule has 154 valence electrons. The minimum absolute atomic E-state index is 0.745. The molecule has 4 aromatic rings. The number of rotatable bonds is 8. The summed E-state index contributed by atoms with van der Waals surface area (Å²) in [7, 11) is 3.32. The highest BCUT2D eigenvalue weighted by molar-refractivity contribution is 7.98. The lowest BCUT2D eigenvalue weighted by Crippen LogP contribution is -2.06. The fourth-order valence-electron chi connectivity index (χ4n) is 3.44. The molecular formula is C24H23ClN2O2S. The minimum atomic E-state index is 0.745. The summed E-state index contributed by atoms with van der Waals surface area (Å²) in [5.74, 6) is 3.36. The van der Waals surface area contributed by atoms with Crippen molar-refractivity contribution in [1.82, 2.24) is 9.55 Å². The van der Waals surface area contributed by atoms with Crippen LogP contribution in [0.25, 0.3) is 11.0 Å². The van der Waals surface area contributed by atoms with Gasteiger partial charge >= 0.3 is 0 Å². The summed E-state index contributed by atoms with van der Waals surface area (Å²) < 4.78 is 13.1. The Morgan fingerprint density at radius 3 is 2.47 bits per heavy atom. The number of nitrogens with zero attached hydrogens (tertiary/aromatic N) is 2. The average Bonchev–Trinajstić information content (AvgIpc) is 3.14. The molecule has 0 aliphatic heterocycles. The van der Waals surface area contributed by atoms with Gasteiger partial charge in [0.1, 0.15) is 5.82 Å². The molecule has 4 nitrogen and oxygen atoms in total. The summed E-state index contributed by atoms with van der Waals surface area (Å²) in [6.07, 6.45) is 0.874. The van der Waals surface area contributed by atoms with Gasteiger partial charge in [0.25, 0.3) is 0 Å². The maximum absolute atomic E-state index is 6.01. The van der Waals surface area contributed by atoms with E-state index in [9.17, 15) is 0 Å². The zero-order valence-electron chi connectivity index (χ0n) is 17.0. The van der Waals surface area contributed by atoms with Gasteiger partial charge in [0.15, 0.2) is 11.5 Å². The number of hydrogen-bond donors (Lipinski definition) is 0. The number of thioether (sulfide) groups is 1. The second-order valence-corrected chi connectivity index (χ2v) is 8.34. The lowest BCUT2D eigenvalue weighted by molar-refractivity contribution is 0.354. The Labute approximate surface area is 185 Å². The summed E-state index contributed by atoms with van der Waals surface area (Å²) in [5.41, 5.74) is 3.38. The molecule has 0 radical (unpaired) electrons. The monoisotopic (exact) mass is 438 g/mol. The summed E-state index contributed by atoms with van der Waals surface area (Å²) in [6, 6.07) is 22.3. The zero-order valence-corrected chi connectivity index (χ0v) is 18.5. The van der Waals surface area contributed by atoms with E-state index < -0.39 is 0 Å². The molecular weight excluding hydrogens is 416 g/mol. The Morgan fingerprint density at radius 2 is 1.70 bits per heavy atom. The van der Waals surface area contributed by atoms with Gasteiger partial charge in [-0.3, -0.25) is 0 Å². The number of ether oxygens (including phenoxy) is 2. The summed E-state index contributed by atoms with van der Waals surface area (Å²) in [4.78, 5) is 6.07. The van der Waals surface area contributed by atoms with E-state index in [4.69, 9.17) is 26.1 Å². The van der Waals surface area contributed by atoms with E-state index >= 15 is 0 Å².